The van der Waals surface area contributed by atoms with E-state index in [4.69, 9.17) is 15.1 Å². The van der Waals surface area contributed by atoms with E-state index in [-0.39, 0.29) is 12.2 Å². The van der Waals surface area contributed by atoms with Crippen LogP contribution in [-0.4, -0.2) is 11.1 Å². The Labute approximate surface area is 121 Å². The van der Waals surface area contributed by atoms with Crippen LogP contribution in [0.25, 0.3) is 0 Å². The van der Waals surface area contributed by atoms with Gasteiger partial charge in [0, 0.05) is 0 Å². The minimum absolute atomic E-state index is 0.0898. The largest absolute Gasteiger partial charge is 0.489 e. The summed E-state index contributed by atoms with van der Waals surface area (Å²) in [6.45, 7) is 1.93. The number of rotatable bonds is 4. The maximum Gasteiger partial charge on any atom is 0.338 e. The third kappa shape index (κ3) is 3.37. The maximum absolute atomic E-state index is 13.5. The number of nitriles is 1. The summed E-state index contributed by atoms with van der Waals surface area (Å²) in [4.78, 5) is 10.7. The molecule has 0 saturated carbocycles. The number of aromatic carboxylic acids is 1. The van der Waals surface area contributed by atoms with E-state index in [0.717, 1.165) is 11.6 Å². The molecule has 4 nitrogen and oxygen atoms in total. The van der Waals surface area contributed by atoms with E-state index >= 15 is 0 Å². The van der Waals surface area contributed by atoms with Gasteiger partial charge in [0.1, 0.15) is 18.2 Å². The number of nitrogens with zero attached hydrogens (tertiary/aromatic N) is 1. The number of hydrogen-bond donors (Lipinski definition) is 1. The van der Waals surface area contributed by atoms with E-state index < -0.39 is 11.8 Å². The highest BCUT2D eigenvalue weighted by molar-refractivity contribution is 5.87. The summed E-state index contributed by atoms with van der Waals surface area (Å²) in [5.74, 6) is -1.57. The van der Waals surface area contributed by atoms with Gasteiger partial charge in [-0.3, -0.25) is 0 Å². The van der Waals surface area contributed by atoms with Crippen molar-refractivity contribution in [2.24, 2.45) is 0 Å². The standard InChI is InChI=1S/C16H12FNO3/c1-10-2-3-11(8-18)7-15(10)21-9-12-4-5-13(16(19)20)14(17)6-12/h2-7H,9H2,1H3,(H,19,20). The van der Waals surface area contributed by atoms with Gasteiger partial charge in [-0.25, -0.2) is 9.18 Å². The van der Waals surface area contributed by atoms with Crippen molar-refractivity contribution in [1.29, 1.82) is 5.26 Å². The lowest BCUT2D eigenvalue weighted by Gasteiger charge is -2.10. The molecule has 0 heterocycles. The Kier molecular flexibility index (Phi) is 4.19. The van der Waals surface area contributed by atoms with Gasteiger partial charge in [-0.2, -0.15) is 5.26 Å². The van der Waals surface area contributed by atoms with Crippen molar-refractivity contribution in [2.45, 2.75) is 13.5 Å². The van der Waals surface area contributed by atoms with E-state index in [1.807, 2.05) is 13.0 Å². The summed E-state index contributed by atoms with van der Waals surface area (Å²) in [7, 11) is 0. The number of hydrogen-bond acceptors (Lipinski definition) is 3. The molecule has 0 saturated heterocycles. The number of carboxylic acid groups (broad SMARTS) is 1. The zero-order valence-electron chi connectivity index (χ0n) is 11.3. The van der Waals surface area contributed by atoms with Crippen LogP contribution in [-0.2, 0) is 6.61 Å². The Bertz CT molecular complexity index is 735. The molecule has 106 valence electrons. The molecule has 1 N–H and O–H groups in total. The van der Waals surface area contributed by atoms with Crippen LogP contribution in [0.2, 0.25) is 0 Å². The van der Waals surface area contributed by atoms with Gasteiger partial charge in [-0.15, -0.1) is 0 Å². The molecule has 0 fully saturated rings. The molecule has 0 radical (unpaired) electrons. The van der Waals surface area contributed by atoms with Gasteiger partial charge >= 0.3 is 5.97 Å². The Hall–Kier alpha value is -2.87. The molecule has 5 heteroatoms. The number of carboxylic acids is 1. The number of ether oxygens (including phenoxy) is 1. The van der Waals surface area contributed by atoms with Gasteiger partial charge in [0.2, 0.25) is 0 Å². The van der Waals surface area contributed by atoms with Crippen LogP contribution in [0, 0.1) is 24.1 Å². The van der Waals surface area contributed by atoms with Crippen molar-refractivity contribution in [3.63, 3.8) is 0 Å². The zero-order valence-corrected chi connectivity index (χ0v) is 11.3. The SMILES string of the molecule is Cc1ccc(C#N)cc1OCc1ccc(C(=O)O)c(F)c1. The van der Waals surface area contributed by atoms with E-state index in [0.29, 0.717) is 16.9 Å². The molecule has 0 aliphatic rings. The van der Waals surface area contributed by atoms with Crippen molar-refractivity contribution >= 4 is 5.97 Å². The van der Waals surface area contributed by atoms with Crippen LogP contribution in [0.1, 0.15) is 27.0 Å². The highest BCUT2D eigenvalue weighted by Crippen LogP contribution is 2.21. The lowest BCUT2D eigenvalue weighted by molar-refractivity contribution is 0.0692. The average molecular weight is 285 g/mol. The molecule has 0 unspecified atom stereocenters. The van der Waals surface area contributed by atoms with Gasteiger partial charge in [0.15, 0.2) is 0 Å². The average Bonchev–Trinajstić information content (AvgIpc) is 2.46. The first-order chi connectivity index (χ1) is 10.0. The number of carbonyl (C=O) groups is 1. The highest BCUT2D eigenvalue weighted by atomic mass is 19.1. The molecule has 2 rings (SSSR count). The van der Waals surface area contributed by atoms with Gasteiger partial charge in [-0.05, 0) is 42.3 Å². The second-order valence-electron chi connectivity index (χ2n) is 4.50. The second-order valence-corrected chi connectivity index (χ2v) is 4.50. The van der Waals surface area contributed by atoms with Gasteiger partial charge < -0.3 is 9.84 Å². The third-order valence-corrected chi connectivity index (χ3v) is 2.98. The fourth-order valence-electron chi connectivity index (χ4n) is 1.81. The third-order valence-electron chi connectivity index (χ3n) is 2.98. The molecule has 21 heavy (non-hydrogen) atoms. The first kappa shape index (κ1) is 14.5. The molecule has 2 aromatic rings. The molecule has 0 amide bonds. The predicted molar refractivity (Wildman–Crippen MR) is 73.6 cm³/mol. The summed E-state index contributed by atoms with van der Waals surface area (Å²) in [6, 6.07) is 10.9. The lowest BCUT2D eigenvalue weighted by atomic mass is 10.1. The first-order valence-corrected chi connectivity index (χ1v) is 6.16. The first-order valence-electron chi connectivity index (χ1n) is 6.16. The molecule has 0 spiro atoms. The Balaban J connectivity index is 2.15. The van der Waals surface area contributed by atoms with Gasteiger partial charge in [0.25, 0.3) is 0 Å². The maximum atomic E-state index is 13.5. The van der Waals surface area contributed by atoms with E-state index in [1.54, 1.807) is 18.2 Å². The summed E-state index contributed by atoms with van der Waals surface area (Å²) >= 11 is 0. The van der Waals surface area contributed by atoms with Crippen molar-refractivity contribution in [1.82, 2.24) is 0 Å². The highest BCUT2D eigenvalue weighted by Gasteiger charge is 2.11. The number of halogens is 1. The van der Waals surface area contributed by atoms with Crippen molar-refractivity contribution < 1.29 is 19.0 Å². The topological polar surface area (TPSA) is 70.3 Å². The van der Waals surface area contributed by atoms with Crippen LogP contribution < -0.4 is 4.74 Å². The number of aryl methyl sites for hydroxylation is 1. The van der Waals surface area contributed by atoms with Crippen molar-refractivity contribution in [3.05, 3.63) is 64.5 Å². The van der Waals surface area contributed by atoms with Crippen LogP contribution in [0.5, 0.6) is 5.75 Å². The van der Waals surface area contributed by atoms with Crippen LogP contribution in [0.3, 0.4) is 0 Å². The van der Waals surface area contributed by atoms with Gasteiger partial charge in [-0.1, -0.05) is 12.1 Å². The summed E-state index contributed by atoms with van der Waals surface area (Å²) in [6.07, 6.45) is 0. The Morgan fingerprint density at radius 1 is 1.33 bits per heavy atom. The Morgan fingerprint density at radius 3 is 2.71 bits per heavy atom. The van der Waals surface area contributed by atoms with Crippen molar-refractivity contribution in [2.75, 3.05) is 0 Å². The molecule has 0 bridgehead atoms. The molecular formula is C16H12FNO3. The fraction of sp³-hybridized carbons (Fsp3) is 0.125. The minimum Gasteiger partial charge on any atom is -0.489 e. The molecule has 2 aromatic carbocycles. The summed E-state index contributed by atoms with van der Waals surface area (Å²) < 4.78 is 19.1. The van der Waals surface area contributed by atoms with Crippen LogP contribution >= 0.6 is 0 Å². The fourth-order valence-corrected chi connectivity index (χ4v) is 1.81. The molecule has 0 aliphatic carbocycles. The second kappa shape index (κ2) is 6.06. The number of benzene rings is 2. The molecular weight excluding hydrogens is 273 g/mol. The molecule has 0 aromatic heterocycles. The summed E-state index contributed by atoms with van der Waals surface area (Å²) in [5.41, 5.74) is 1.47. The molecule has 0 atom stereocenters. The smallest absolute Gasteiger partial charge is 0.338 e. The normalized spacial score (nSPS) is 9.95. The van der Waals surface area contributed by atoms with Gasteiger partial charge in [0.05, 0.1) is 17.2 Å². The minimum atomic E-state index is -1.31. The lowest BCUT2D eigenvalue weighted by Crippen LogP contribution is -2.03. The van der Waals surface area contributed by atoms with E-state index in [1.165, 1.54) is 12.1 Å². The zero-order chi connectivity index (χ0) is 15.4. The van der Waals surface area contributed by atoms with Crippen molar-refractivity contribution in [3.8, 4) is 11.8 Å². The van der Waals surface area contributed by atoms with E-state index in [2.05, 4.69) is 0 Å². The Morgan fingerprint density at radius 2 is 2.10 bits per heavy atom. The molecule has 0 aliphatic heterocycles. The summed E-state index contributed by atoms with van der Waals surface area (Å²) in [5, 5.41) is 17.6. The van der Waals surface area contributed by atoms with Crippen LogP contribution in [0.15, 0.2) is 36.4 Å². The quantitative estimate of drug-likeness (QED) is 0.935. The monoisotopic (exact) mass is 285 g/mol. The predicted octanol–water partition coefficient (Wildman–Crippen LogP) is 3.28. The van der Waals surface area contributed by atoms with Crippen LogP contribution in [0.4, 0.5) is 4.39 Å². The van der Waals surface area contributed by atoms with E-state index in [9.17, 15) is 9.18 Å².